The van der Waals surface area contributed by atoms with Gasteiger partial charge in [-0.2, -0.15) is 0 Å². The van der Waals surface area contributed by atoms with Crippen molar-refractivity contribution in [2.45, 2.75) is 32.2 Å². The number of carbonyl (C=O) groups is 2. The Morgan fingerprint density at radius 3 is 2.26 bits per heavy atom. The summed E-state index contributed by atoms with van der Waals surface area (Å²) in [7, 11) is 2.96. The number of hydrogen-bond donors (Lipinski definition) is 1. The van der Waals surface area contributed by atoms with Crippen LogP contribution in [0.1, 0.15) is 43.6 Å². The Balaban J connectivity index is 1.93. The Bertz CT molecular complexity index is 1290. The van der Waals surface area contributed by atoms with Gasteiger partial charge in [0.25, 0.3) is 11.7 Å². The number of benzene rings is 2. The predicted octanol–water partition coefficient (Wildman–Crippen LogP) is 5.02. The molecule has 4 rings (SSSR count). The summed E-state index contributed by atoms with van der Waals surface area (Å²) in [5.41, 5.74) is 2.18. The van der Waals surface area contributed by atoms with Crippen LogP contribution in [-0.2, 0) is 15.0 Å². The summed E-state index contributed by atoms with van der Waals surface area (Å²) in [5.74, 6) is -1.10. The van der Waals surface area contributed by atoms with Crippen LogP contribution in [0.25, 0.3) is 5.76 Å². The van der Waals surface area contributed by atoms with Gasteiger partial charge in [-0.1, -0.05) is 39.0 Å². The van der Waals surface area contributed by atoms with Gasteiger partial charge in [0, 0.05) is 11.9 Å². The van der Waals surface area contributed by atoms with Gasteiger partial charge in [0.2, 0.25) is 0 Å². The fourth-order valence-corrected chi connectivity index (χ4v) is 4.18. The van der Waals surface area contributed by atoms with Crippen molar-refractivity contribution in [1.29, 1.82) is 0 Å². The Morgan fingerprint density at radius 1 is 0.971 bits per heavy atom. The number of hydrogen-bond acceptors (Lipinski definition) is 6. The van der Waals surface area contributed by atoms with Crippen LogP contribution in [0.5, 0.6) is 11.5 Å². The van der Waals surface area contributed by atoms with Gasteiger partial charge in [0.05, 0.1) is 31.1 Å². The molecule has 0 spiro atoms. The molecule has 1 atom stereocenters. The van der Waals surface area contributed by atoms with Gasteiger partial charge in [0.1, 0.15) is 23.3 Å². The summed E-state index contributed by atoms with van der Waals surface area (Å²) in [4.78, 5) is 32.5. The summed E-state index contributed by atoms with van der Waals surface area (Å²) in [5, 5.41) is 11.4. The highest BCUT2D eigenvalue weighted by molar-refractivity contribution is 6.51. The van der Waals surface area contributed by atoms with Gasteiger partial charge in [-0.25, -0.2) is 0 Å². The highest BCUT2D eigenvalue weighted by Gasteiger charge is 2.48. The van der Waals surface area contributed by atoms with Crippen molar-refractivity contribution in [3.63, 3.8) is 0 Å². The Kier molecular flexibility index (Phi) is 6.35. The molecule has 3 aromatic rings. The average molecular weight is 473 g/mol. The van der Waals surface area contributed by atoms with E-state index >= 15 is 0 Å². The number of carbonyl (C=O) groups excluding carboxylic acids is 2. The van der Waals surface area contributed by atoms with E-state index in [1.165, 1.54) is 19.1 Å². The second-order valence-electron chi connectivity index (χ2n) is 9.29. The third kappa shape index (κ3) is 4.37. The molecule has 1 amide bonds. The number of pyridine rings is 1. The lowest BCUT2D eigenvalue weighted by Crippen LogP contribution is -2.30. The lowest BCUT2D eigenvalue weighted by molar-refractivity contribution is -0.132. The molecule has 0 bridgehead atoms. The molecule has 0 saturated carbocycles. The van der Waals surface area contributed by atoms with Gasteiger partial charge < -0.3 is 14.6 Å². The third-order valence-electron chi connectivity index (χ3n) is 6.09. The average Bonchev–Trinajstić information content (AvgIpc) is 3.13. The number of methoxy groups -OCH3 is 2. The first-order valence-corrected chi connectivity index (χ1v) is 11.2. The van der Waals surface area contributed by atoms with Crippen LogP contribution < -0.4 is 14.4 Å². The van der Waals surface area contributed by atoms with Crippen LogP contribution in [0.15, 0.2) is 72.4 Å². The van der Waals surface area contributed by atoms with Crippen LogP contribution in [0.4, 0.5) is 5.69 Å². The number of aliphatic hydroxyl groups excluding tert-OH is 1. The number of anilines is 1. The van der Waals surface area contributed by atoms with Crippen LogP contribution in [0.3, 0.4) is 0 Å². The first-order chi connectivity index (χ1) is 16.7. The lowest BCUT2D eigenvalue weighted by atomic mass is 9.87. The van der Waals surface area contributed by atoms with E-state index in [2.05, 4.69) is 25.8 Å². The zero-order chi connectivity index (χ0) is 25.3. The number of amides is 1. The molecule has 1 aliphatic rings. The van der Waals surface area contributed by atoms with Gasteiger partial charge in [-0.15, -0.1) is 0 Å². The van der Waals surface area contributed by atoms with Crippen LogP contribution in [-0.4, -0.2) is 36.0 Å². The molecule has 1 fully saturated rings. The maximum Gasteiger partial charge on any atom is 0.300 e. The SMILES string of the molecule is COc1ccc(OC)c(/C(O)=C2\C(=O)C(=O)N(c3ccc(C(C)(C)C)cc3)C2c2ccccn2)c1. The van der Waals surface area contributed by atoms with E-state index in [9.17, 15) is 14.7 Å². The van der Waals surface area contributed by atoms with E-state index in [0.717, 1.165) is 5.56 Å². The highest BCUT2D eigenvalue weighted by atomic mass is 16.5. The van der Waals surface area contributed by atoms with E-state index in [0.29, 0.717) is 22.9 Å². The number of rotatable bonds is 5. The molecule has 2 aromatic carbocycles. The molecular weight excluding hydrogens is 444 g/mol. The normalized spacial score (nSPS) is 17.5. The van der Waals surface area contributed by atoms with Crippen molar-refractivity contribution >= 4 is 23.1 Å². The standard InChI is InChI=1S/C28H28N2O5/c1-28(2,3)17-9-11-18(12-10-17)30-24(21-8-6-7-15-29-21)23(26(32)27(30)33)25(31)20-16-19(34-4)13-14-22(20)35-5/h6-16,24,31H,1-5H3/b25-23+. The molecule has 1 aromatic heterocycles. The Morgan fingerprint density at radius 2 is 1.69 bits per heavy atom. The number of aromatic nitrogens is 1. The second-order valence-corrected chi connectivity index (χ2v) is 9.29. The van der Waals surface area contributed by atoms with E-state index in [1.807, 2.05) is 24.3 Å². The minimum absolute atomic E-state index is 0.0693. The molecular formula is C28H28N2O5. The summed E-state index contributed by atoms with van der Waals surface area (Å²) >= 11 is 0. The van der Waals surface area contributed by atoms with Gasteiger partial charge in [0.15, 0.2) is 0 Å². The van der Waals surface area contributed by atoms with E-state index in [4.69, 9.17) is 9.47 Å². The van der Waals surface area contributed by atoms with Gasteiger partial charge in [-0.3, -0.25) is 19.5 Å². The van der Waals surface area contributed by atoms with E-state index in [1.54, 1.807) is 42.6 Å². The topological polar surface area (TPSA) is 89.0 Å². The zero-order valence-electron chi connectivity index (χ0n) is 20.4. The molecule has 1 unspecified atom stereocenters. The fourth-order valence-electron chi connectivity index (χ4n) is 4.18. The van der Waals surface area contributed by atoms with Gasteiger partial charge in [-0.05, 0) is 53.4 Å². The van der Waals surface area contributed by atoms with Crippen molar-refractivity contribution in [3.05, 3.63) is 89.3 Å². The fraction of sp³-hybridized carbons (Fsp3) is 0.250. The first-order valence-electron chi connectivity index (χ1n) is 11.2. The molecule has 180 valence electrons. The third-order valence-corrected chi connectivity index (χ3v) is 6.09. The molecule has 1 saturated heterocycles. The predicted molar refractivity (Wildman–Crippen MR) is 134 cm³/mol. The van der Waals surface area contributed by atoms with Crippen molar-refractivity contribution in [2.75, 3.05) is 19.1 Å². The molecule has 1 aliphatic heterocycles. The molecule has 35 heavy (non-hydrogen) atoms. The number of aliphatic hydroxyl groups is 1. The van der Waals surface area contributed by atoms with E-state index in [-0.39, 0.29) is 22.3 Å². The zero-order valence-corrected chi connectivity index (χ0v) is 20.4. The second kappa shape index (κ2) is 9.25. The molecule has 0 radical (unpaired) electrons. The number of ketones is 1. The molecule has 1 N–H and O–H groups in total. The minimum Gasteiger partial charge on any atom is -0.507 e. The Labute approximate surface area is 204 Å². The summed E-state index contributed by atoms with van der Waals surface area (Å²) in [6.45, 7) is 6.30. The van der Waals surface area contributed by atoms with Crippen LogP contribution in [0, 0.1) is 0 Å². The van der Waals surface area contributed by atoms with Crippen molar-refractivity contribution in [1.82, 2.24) is 4.98 Å². The summed E-state index contributed by atoms with van der Waals surface area (Å²) < 4.78 is 10.7. The number of ether oxygens (including phenoxy) is 2. The molecule has 7 heteroatoms. The van der Waals surface area contributed by atoms with E-state index < -0.39 is 17.7 Å². The minimum atomic E-state index is -0.924. The summed E-state index contributed by atoms with van der Waals surface area (Å²) in [6.07, 6.45) is 1.59. The smallest absolute Gasteiger partial charge is 0.300 e. The lowest BCUT2D eigenvalue weighted by Gasteiger charge is -2.26. The van der Waals surface area contributed by atoms with Crippen LogP contribution in [0.2, 0.25) is 0 Å². The number of nitrogens with zero attached hydrogens (tertiary/aromatic N) is 2. The Hall–Kier alpha value is -4.13. The van der Waals surface area contributed by atoms with Crippen molar-refractivity contribution in [3.8, 4) is 11.5 Å². The molecule has 7 nitrogen and oxygen atoms in total. The largest absolute Gasteiger partial charge is 0.507 e. The maximum atomic E-state index is 13.4. The van der Waals surface area contributed by atoms with Gasteiger partial charge >= 0.3 is 0 Å². The molecule has 2 heterocycles. The van der Waals surface area contributed by atoms with Crippen molar-refractivity contribution < 1.29 is 24.2 Å². The molecule has 0 aliphatic carbocycles. The van der Waals surface area contributed by atoms with Crippen LogP contribution >= 0.6 is 0 Å². The first kappa shape index (κ1) is 24.0. The summed E-state index contributed by atoms with van der Waals surface area (Å²) in [6, 6.07) is 16.7. The van der Waals surface area contributed by atoms with Crippen molar-refractivity contribution in [2.24, 2.45) is 0 Å². The monoisotopic (exact) mass is 472 g/mol. The highest BCUT2D eigenvalue weighted by Crippen LogP contribution is 2.43. The maximum absolute atomic E-state index is 13.4. The quantitative estimate of drug-likeness (QED) is 0.319. The number of Topliss-reactive ketones (excluding diaryl/α,β-unsaturated/α-hetero) is 1.